The van der Waals surface area contributed by atoms with Crippen LogP contribution in [0.5, 0.6) is 11.5 Å². The van der Waals surface area contributed by atoms with Crippen LogP contribution in [0.2, 0.25) is 0 Å². The van der Waals surface area contributed by atoms with Crippen molar-refractivity contribution in [1.82, 2.24) is 4.90 Å². The van der Waals surface area contributed by atoms with Gasteiger partial charge in [0.15, 0.2) is 11.5 Å². The second-order valence-electron chi connectivity index (χ2n) is 9.32. The minimum absolute atomic E-state index is 0.0972. The number of aliphatic hydroxyl groups is 1. The Labute approximate surface area is 156 Å². The molecule has 5 atom stereocenters. The van der Waals surface area contributed by atoms with E-state index in [1.165, 1.54) is 36.9 Å². The normalized spacial score (nSPS) is 37.5. The van der Waals surface area contributed by atoms with Crippen LogP contribution in [0.3, 0.4) is 0 Å². The first-order valence-electron chi connectivity index (χ1n) is 10.5. The van der Waals surface area contributed by atoms with Crippen molar-refractivity contribution in [2.75, 3.05) is 13.1 Å². The molecule has 0 radical (unpaired) electrons. The summed E-state index contributed by atoms with van der Waals surface area (Å²) in [4.78, 5) is 2.75. The molecule has 5 rings (SSSR count). The van der Waals surface area contributed by atoms with Crippen LogP contribution in [-0.4, -0.2) is 46.5 Å². The van der Waals surface area contributed by atoms with Crippen LogP contribution in [0, 0.1) is 11.3 Å². The second kappa shape index (κ2) is 5.87. The summed E-state index contributed by atoms with van der Waals surface area (Å²) < 4.78 is 6.17. The van der Waals surface area contributed by atoms with Crippen LogP contribution >= 0.6 is 0 Å². The lowest BCUT2D eigenvalue weighted by molar-refractivity contribution is -0.0753. The number of ether oxygens (including phenoxy) is 1. The number of aromatic hydroxyl groups is 1. The molecule has 0 bridgehead atoms. The Morgan fingerprint density at radius 1 is 1.27 bits per heavy atom. The van der Waals surface area contributed by atoms with Gasteiger partial charge in [0.2, 0.25) is 0 Å². The summed E-state index contributed by atoms with van der Waals surface area (Å²) >= 11 is 0. The minimum atomic E-state index is -0.436. The zero-order chi connectivity index (χ0) is 18.1. The first kappa shape index (κ1) is 16.9. The maximum atomic E-state index is 10.7. The molecular formula is C22H31NO3. The van der Waals surface area contributed by atoms with Crippen LogP contribution in [-0.2, 0) is 6.42 Å². The number of phenols is 1. The SMILES string of the molecule is CCCN(CC1CC1)C1Cc2ccc(O)c3c2C2C(O3)[C@@H](O)CC[C@]21C. The van der Waals surface area contributed by atoms with Crippen molar-refractivity contribution in [3.63, 3.8) is 0 Å². The Hall–Kier alpha value is -1.26. The van der Waals surface area contributed by atoms with E-state index in [2.05, 4.69) is 24.8 Å². The molecule has 26 heavy (non-hydrogen) atoms. The molecule has 2 N–H and O–H groups in total. The number of nitrogens with zero attached hydrogens (tertiary/aromatic N) is 1. The molecule has 0 aromatic heterocycles. The average molecular weight is 357 g/mol. The quantitative estimate of drug-likeness (QED) is 0.848. The summed E-state index contributed by atoms with van der Waals surface area (Å²) in [6.45, 7) is 7.07. The number of phenolic OH excluding ortho intramolecular Hbond substituents is 1. The molecule has 1 aliphatic heterocycles. The number of hydrogen-bond donors (Lipinski definition) is 2. The summed E-state index contributed by atoms with van der Waals surface area (Å²) in [5, 5.41) is 21.0. The summed E-state index contributed by atoms with van der Waals surface area (Å²) in [6, 6.07) is 4.37. The lowest BCUT2D eigenvalue weighted by Gasteiger charge is -2.55. The van der Waals surface area contributed by atoms with E-state index >= 15 is 0 Å². The molecule has 3 aliphatic carbocycles. The van der Waals surface area contributed by atoms with Crippen LogP contribution in [0.15, 0.2) is 12.1 Å². The molecule has 2 fully saturated rings. The van der Waals surface area contributed by atoms with E-state index in [0.717, 1.165) is 31.7 Å². The van der Waals surface area contributed by atoms with E-state index in [1.54, 1.807) is 6.07 Å². The molecule has 142 valence electrons. The number of rotatable bonds is 5. The molecule has 1 aromatic rings. The molecular weight excluding hydrogens is 326 g/mol. The van der Waals surface area contributed by atoms with Gasteiger partial charge in [0.1, 0.15) is 6.10 Å². The molecule has 4 heteroatoms. The number of hydrogen-bond acceptors (Lipinski definition) is 4. The van der Waals surface area contributed by atoms with Gasteiger partial charge in [-0.25, -0.2) is 0 Å². The standard InChI is InChI=1S/C22H31NO3/c1-3-10-23(12-13-4-5-13)17-11-14-6-7-15(24)20-18(14)19-21(26-20)16(25)8-9-22(17,19)2/h6-7,13,16-17,19,21,24-25H,3-5,8-12H2,1-2H3/t16-,17?,19?,21?,22-/m0/s1. The second-order valence-corrected chi connectivity index (χ2v) is 9.32. The summed E-state index contributed by atoms with van der Waals surface area (Å²) in [5.74, 6) is 1.95. The molecule has 2 saturated carbocycles. The highest BCUT2D eigenvalue weighted by Gasteiger charge is 2.60. The number of aliphatic hydroxyl groups excluding tert-OH is 1. The number of benzene rings is 1. The fourth-order valence-electron chi connectivity index (χ4n) is 6.08. The highest BCUT2D eigenvalue weighted by Crippen LogP contribution is 2.62. The van der Waals surface area contributed by atoms with E-state index in [1.807, 2.05) is 0 Å². The molecule has 1 aromatic carbocycles. The van der Waals surface area contributed by atoms with Crippen molar-refractivity contribution < 1.29 is 14.9 Å². The highest BCUT2D eigenvalue weighted by atomic mass is 16.5. The third kappa shape index (κ3) is 2.34. The Morgan fingerprint density at radius 3 is 2.81 bits per heavy atom. The maximum absolute atomic E-state index is 10.7. The predicted molar refractivity (Wildman–Crippen MR) is 101 cm³/mol. The fraction of sp³-hybridized carbons (Fsp3) is 0.727. The zero-order valence-electron chi connectivity index (χ0n) is 15.9. The predicted octanol–water partition coefficient (Wildman–Crippen LogP) is 3.44. The van der Waals surface area contributed by atoms with E-state index in [-0.39, 0.29) is 23.2 Å². The Bertz CT molecular complexity index is 716. The Balaban J connectivity index is 1.60. The van der Waals surface area contributed by atoms with Crippen LogP contribution in [0.4, 0.5) is 0 Å². The smallest absolute Gasteiger partial charge is 0.165 e. The molecule has 1 heterocycles. The van der Waals surface area contributed by atoms with Gasteiger partial charge in [-0.05, 0) is 68.0 Å². The van der Waals surface area contributed by atoms with Crippen molar-refractivity contribution in [3.05, 3.63) is 23.3 Å². The molecule has 3 unspecified atom stereocenters. The topological polar surface area (TPSA) is 52.9 Å². The molecule has 0 spiro atoms. The van der Waals surface area contributed by atoms with Crippen molar-refractivity contribution in [3.8, 4) is 11.5 Å². The van der Waals surface area contributed by atoms with Gasteiger partial charge >= 0.3 is 0 Å². The summed E-state index contributed by atoms with van der Waals surface area (Å²) in [6.07, 6.45) is 6.16. The molecule has 4 aliphatic rings. The van der Waals surface area contributed by atoms with Crippen molar-refractivity contribution in [2.24, 2.45) is 11.3 Å². The largest absolute Gasteiger partial charge is 0.504 e. The van der Waals surface area contributed by atoms with E-state index in [0.29, 0.717) is 11.8 Å². The van der Waals surface area contributed by atoms with Gasteiger partial charge in [-0.2, -0.15) is 0 Å². The van der Waals surface area contributed by atoms with Gasteiger partial charge in [0, 0.05) is 24.1 Å². The third-order valence-corrected chi connectivity index (χ3v) is 7.54. The molecule has 4 nitrogen and oxygen atoms in total. The monoisotopic (exact) mass is 357 g/mol. The van der Waals surface area contributed by atoms with E-state index in [9.17, 15) is 10.2 Å². The van der Waals surface area contributed by atoms with Crippen molar-refractivity contribution in [2.45, 2.75) is 76.5 Å². The van der Waals surface area contributed by atoms with E-state index in [4.69, 9.17) is 4.74 Å². The summed E-state index contributed by atoms with van der Waals surface area (Å²) in [7, 11) is 0. The minimum Gasteiger partial charge on any atom is -0.504 e. The lowest BCUT2D eigenvalue weighted by Crippen LogP contribution is -2.59. The van der Waals surface area contributed by atoms with Crippen LogP contribution < -0.4 is 4.74 Å². The van der Waals surface area contributed by atoms with Crippen LogP contribution in [0.25, 0.3) is 0 Å². The average Bonchev–Trinajstić information content (AvgIpc) is 3.33. The first-order valence-corrected chi connectivity index (χ1v) is 10.5. The van der Waals surface area contributed by atoms with Crippen molar-refractivity contribution in [1.29, 1.82) is 0 Å². The summed E-state index contributed by atoms with van der Waals surface area (Å²) in [5.41, 5.74) is 2.61. The van der Waals surface area contributed by atoms with Gasteiger partial charge in [0.25, 0.3) is 0 Å². The van der Waals surface area contributed by atoms with Gasteiger partial charge in [-0.15, -0.1) is 0 Å². The Morgan fingerprint density at radius 2 is 2.08 bits per heavy atom. The van der Waals surface area contributed by atoms with E-state index < -0.39 is 6.10 Å². The van der Waals surface area contributed by atoms with Gasteiger partial charge in [-0.1, -0.05) is 19.9 Å². The van der Waals surface area contributed by atoms with Gasteiger partial charge in [0.05, 0.1) is 6.10 Å². The zero-order valence-corrected chi connectivity index (χ0v) is 15.9. The molecule has 0 amide bonds. The Kier molecular flexibility index (Phi) is 3.81. The lowest BCUT2D eigenvalue weighted by atomic mass is 9.55. The molecule has 0 saturated heterocycles. The highest BCUT2D eigenvalue weighted by molar-refractivity contribution is 5.58. The fourth-order valence-corrected chi connectivity index (χ4v) is 6.08. The maximum Gasteiger partial charge on any atom is 0.165 e. The van der Waals surface area contributed by atoms with Crippen molar-refractivity contribution >= 4 is 0 Å². The third-order valence-electron chi connectivity index (χ3n) is 7.54. The first-order chi connectivity index (χ1) is 12.5. The van der Waals surface area contributed by atoms with Gasteiger partial charge in [-0.3, -0.25) is 4.90 Å². The van der Waals surface area contributed by atoms with Crippen LogP contribution in [0.1, 0.15) is 63.0 Å². The van der Waals surface area contributed by atoms with Gasteiger partial charge < -0.3 is 14.9 Å².